The summed E-state index contributed by atoms with van der Waals surface area (Å²) >= 11 is 0. The van der Waals surface area contributed by atoms with E-state index in [1.54, 1.807) is 60.7 Å². The zero-order chi connectivity index (χ0) is 16.2. The molecule has 0 heterocycles. The Balaban J connectivity index is 1.78. The predicted octanol–water partition coefficient (Wildman–Crippen LogP) is 3.87. The molecule has 3 aromatic rings. The normalized spacial score (nSPS) is 10.3. The van der Waals surface area contributed by atoms with E-state index in [0.29, 0.717) is 34.0 Å². The first kappa shape index (κ1) is 14.7. The second-order valence-electron chi connectivity index (χ2n) is 5.15. The Hall–Kier alpha value is -3.27. The summed E-state index contributed by atoms with van der Waals surface area (Å²) in [5, 5.41) is 0. The molecule has 4 N–H and O–H groups in total. The van der Waals surface area contributed by atoms with E-state index in [2.05, 4.69) is 0 Å². The SMILES string of the molecule is Nc1cccc(Oc2ccc(C(=O)c3cccc(N)c3)cc2)c1. The topological polar surface area (TPSA) is 78.3 Å². The third kappa shape index (κ3) is 3.49. The van der Waals surface area contributed by atoms with E-state index in [9.17, 15) is 4.79 Å². The zero-order valence-corrected chi connectivity index (χ0v) is 12.4. The maximum absolute atomic E-state index is 12.4. The molecular weight excluding hydrogens is 288 g/mol. The standard InChI is InChI=1S/C19H16N2O2/c20-15-4-1-3-14(11-15)19(22)13-7-9-17(10-8-13)23-18-6-2-5-16(21)12-18/h1-12H,20-21H2. The molecule has 0 saturated carbocycles. The highest BCUT2D eigenvalue weighted by Crippen LogP contribution is 2.24. The predicted molar refractivity (Wildman–Crippen MR) is 91.7 cm³/mol. The van der Waals surface area contributed by atoms with Crippen LogP contribution in [0.15, 0.2) is 72.8 Å². The van der Waals surface area contributed by atoms with E-state index in [0.717, 1.165) is 0 Å². The molecule has 0 fully saturated rings. The molecule has 0 atom stereocenters. The van der Waals surface area contributed by atoms with Crippen LogP contribution in [-0.2, 0) is 0 Å². The van der Waals surface area contributed by atoms with Gasteiger partial charge < -0.3 is 16.2 Å². The van der Waals surface area contributed by atoms with Crippen LogP contribution in [0.1, 0.15) is 15.9 Å². The van der Waals surface area contributed by atoms with Crippen molar-refractivity contribution in [1.82, 2.24) is 0 Å². The zero-order valence-electron chi connectivity index (χ0n) is 12.4. The highest BCUT2D eigenvalue weighted by molar-refractivity contribution is 6.09. The molecule has 3 rings (SSSR count). The summed E-state index contributed by atoms with van der Waals surface area (Å²) < 4.78 is 5.71. The largest absolute Gasteiger partial charge is 0.457 e. The smallest absolute Gasteiger partial charge is 0.193 e. The fourth-order valence-electron chi connectivity index (χ4n) is 2.24. The lowest BCUT2D eigenvalue weighted by Crippen LogP contribution is -2.01. The van der Waals surface area contributed by atoms with Crippen LogP contribution < -0.4 is 16.2 Å². The molecule has 0 spiro atoms. The maximum atomic E-state index is 12.4. The van der Waals surface area contributed by atoms with Crippen LogP contribution in [0.25, 0.3) is 0 Å². The number of anilines is 2. The highest BCUT2D eigenvalue weighted by atomic mass is 16.5. The summed E-state index contributed by atoms with van der Waals surface area (Å²) in [4.78, 5) is 12.4. The minimum Gasteiger partial charge on any atom is -0.457 e. The van der Waals surface area contributed by atoms with Gasteiger partial charge in [0, 0.05) is 28.6 Å². The van der Waals surface area contributed by atoms with Crippen molar-refractivity contribution in [2.75, 3.05) is 11.5 Å². The number of ketones is 1. The van der Waals surface area contributed by atoms with Crippen molar-refractivity contribution in [2.24, 2.45) is 0 Å². The van der Waals surface area contributed by atoms with Crippen LogP contribution in [0.3, 0.4) is 0 Å². The molecular formula is C19H16N2O2. The third-order valence-corrected chi connectivity index (χ3v) is 3.36. The van der Waals surface area contributed by atoms with E-state index in [1.165, 1.54) is 0 Å². The van der Waals surface area contributed by atoms with Gasteiger partial charge in [-0.05, 0) is 48.5 Å². The van der Waals surface area contributed by atoms with Gasteiger partial charge in [0.2, 0.25) is 0 Å². The van der Waals surface area contributed by atoms with Crippen LogP contribution in [0.2, 0.25) is 0 Å². The average molecular weight is 304 g/mol. The number of carbonyl (C=O) groups is 1. The molecule has 0 aliphatic rings. The fourth-order valence-corrected chi connectivity index (χ4v) is 2.24. The number of carbonyl (C=O) groups excluding carboxylic acids is 1. The molecule has 3 aromatic carbocycles. The molecule has 114 valence electrons. The molecule has 0 amide bonds. The van der Waals surface area contributed by atoms with Gasteiger partial charge in [0.05, 0.1) is 0 Å². The monoisotopic (exact) mass is 304 g/mol. The minimum atomic E-state index is -0.0761. The fraction of sp³-hybridized carbons (Fsp3) is 0. The van der Waals surface area contributed by atoms with Crippen molar-refractivity contribution in [3.05, 3.63) is 83.9 Å². The number of ether oxygens (including phenoxy) is 1. The molecule has 0 aliphatic carbocycles. The van der Waals surface area contributed by atoms with E-state index >= 15 is 0 Å². The van der Waals surface area contributed by atoms with Gasteiger partial charge in [-0.3, -0.25) is 4.79 Å². The van der Waals surface area contributed by atoms with Crippen molar-refractivity contribution < 1.29 is 9.53 Å². The molecule has 0 aliphatic heterocycles. The Morgan fingerprint density at radius 3 is 2.00 bits per heavy atom. The Kier molecular flexibility index (Phi) is 3.97. The summed E-state index contributed by atoms with van der Waals surface area (Å²) in [5.74, 6) is 1.22. The van der Waals surface area contributed by atoms with Crippen molar-refractivity contribution >= 4 is 17.2 Å². The van der Waals surface area contributed by atoms with Crippen LogP contribution in [0.4, 0.5) is 11.4 Å². The number of benzene rings is 3. The quantitative estimate of drug-likeness (QED) is 0.566. The van der Waals surface area contributed by atoms with E-state index in [-0.39, 0.29) is 5.78 Å². The number of nitrogen functional groups attached to an aromatic ring is 2. The average Bonchev–Trinajstić information content (AvgIpc) is 2.55. The van der Waals surface area contributed by atoms with Gasteiger partial charge in [0.1, 0.15) is 11.5 Å². The number of hydrogen-bond donors (Lipinski definition) is 2. The van der Waals surface area contributed by atoms with Crippen LogP contribution >= 0.6 is 0 Å². The van der Waals surface area contributed by atoms with Crippen LogP contribution in [0, 0.1) is 0 Å². The first-order valence-electron chi connectivity index (χ1n) is 7.15. The number of nitrogens with two attached hydrogens (primary N) is 2. The van der Waals surface area contributed by atoms with Crippen LogP contribution in [-0.4, -0.2) is 5.78 Å². The number of rotatable bonds is 4. The lowest BCUT2D eigenvalue weighted by molar-refractivity contribution is 0.103. The highest BCUT2D eigenvalue weighted by Gasteiger charge is 2.09. The summed E-state index contributed by atoms with van der Waals surface area (Å²) in [6.45, 7) is 0. The van der Waals surface area contributed by atoms with Gasteiger partial charge in [0.15, 0.2) is 5.78 Å². The second kappa shape index (κ2) is 6.23. The lowest BCUT2D eigenvalue weighted by Gasteiger charge is -2.07. The van der Waals surface area contributed by atoms with Crippen molar-refractivity contribution in [3.63, 3.8) is 0 Å². The van der Waals surface area contributed by atoms with Gasteiger partial charge in [-0.1, -0.05) is 18.2 Å². The first-order chi connectivity index (χ1) is 11.1. The Morgan fingerprint density at radius 2 is 1.35 bits per heavy atom. The van der Waals surface area contributed by atoms with Gasteiger partial charge in [-0.25, -0.2) is 0 Å². The first-order valence-corrected chi connectivity index (χ1v) is 7.15. The molecule has 0 radical (unpaired) electrons. The minimum absolute atomic E-state index is 0.0761. The molecule has 0 bridgehead atoms. The lowest BCUT2D eigenvalue weighted by atomic mass is 10.0. The van der Waals surface area contributed by atoms with E-state index in [1.807, 2.05) is 12.1 Å². The summed E-state index contributed by atoms with van der Waals surface area (Å²) in [6, 6.07) is 21.1. The van der Waals surface area contributed by atoms with Gasteiger partial charge >= 0.3 is 0 Å². The number of hydrogen-bond acceptors (Lipinski definition) is 4. The Bertz CT molecular complexity index is 842. The molecule has 0 aromatic heterocycles. The van der Waals surface area contributed by atoms with E-state index < -0.39 is 0 Å². The molecule has 23 heavy (non-hydrogen) atoms. The van der Waals surface area contributed by atoms with Gasteiger partial charge in [-0.15, -0.1) is 0 Å². The van der Waals surface area contributed by atoms with Crippen molar-refractivity contribution in [3.8, 4) is 11.5 Å². The molecule has 4 nitrogen and oxygen atoms in total. The molecule has 0 saturated heterocycles. The van der Waals surface area contributed by atoms with E-state index in [4.69, 9.17) is 16.2 Å². The van der Waals surface area contributed by atoms with Gasteiger partial charge in [0.25, 0.3) is 0 Å². The Labute approximate surface area is 134 Å². The summed E-state index contributed by atoms with van der Waals surface area (Å²) in [7, 11) is 0. The second-order valence-corrected chi connectivity index (χ2v) is 5.15. The summed E-state index contributed by atoms with van der Waals surface area (Å²) in [6.07, 6.45) is 0. The summed E-state index contributed by atoms with van der Waals surface area (Å²) in [5.41, 5.74) is 13.8. The Morgan fingerprint density at radius 1 is 0.696 bits per heavy atom. The molecule has 4 heteroatoms. The maximum Gasteiger partial charge on any atom is 0.193 e. The van der Waals surface area contributed by atoms with Crippen molar-refractivity contribution in [2.45, 2.75) is 0 Å². The van der Waals surface area contributed by atoms with Crippen LogP contribution in [0.5, 0.6) is 11.5 Å². The van der Waals surface area contributed by atoms with Crippen molar-refractivity contribution in [1.29, 1.82) is 0 Å². The molecule has 0 unspecified atom stereocenters. The van der Waals surface area contributed by atoms with Gasteiger partial charge in [-0.2, -0.15) is 0 Å². The third-order valence-electron chi connectivity index (χ3n) is 3.36.